The summed E-state index contributed by atoms with van der Waals surface area (Å²) in [6, 6.07) is 7.88. The quantitative estimate of drug-likeness (QED) is 0.478. The van der Waals surface area contributed by atoms with Gasteiger partial charge in [0.1, 0.15) is 17.7 Å². The second-order valence-corrected chi connectivity index (χ2v) is 13.0. The van der Waals surface area contributed by atoms with E-state index >= 15 is 0 Å². The standard InChI is InChI=1S/C28H34F2N6O3S/c1-40(38,39)33-28(37)23-16-24(34-14-11-21(12-15-34)35-13-3-6-20(30)17-35)25-26(18-4-2-5-18)32-36(27(25)31-23)22-9-7-19(29)8-10-22/h7-10,16,18,20-21H,2-6,11-15,17H2,1H3,(H,33,37). The first-order valence-electron chi connectivity index (χ1n) is 14.0. The SMILES string of the molecule is CS(=O)(=O)NC(=O)c1cc(N2CCC(N3CCCC(F)C3)CC2)c2c(C3CCC3)nn(-c3ccc(F)cc3)c2n1. The molecule has 9 nitrogen and oxygen atoms in total. The molecule has 3 fully saturated rings. The Balaban J connectivity index is 1.43. The molecule has 2 aliphatic heterocycles. The summed E-state index contributed by atoms with van der Waals surface area (Å²) in [6.07, 6.45) is 6.45. The van der Waals surface area contributed by atoms with Crippen molar-refractivity contribution in [1.82, 2.24) is 24.4 Å². The highest BCUT2D eigenvalue weighted by Gasteiger charge is 2.33. The van der Waals surface area contributed by atoms with E-state index in [2.05, 4.69) is 14.8 Å². The summed E-state index contributed by atoms with van der Waals surface area (Å²) in [5.41, 5.74) is 2.68. The third kappa shape index (κ3) is 5.43. The molecule has 1 amide bonds. The van der Waals surface area contributed by atoms with Gasteiger partial charge < -0.3 is 4.90 Å². The van der Waals surface area contributed by atoms with Gasteiger partial charge in [0, 0.05) is 31.6 Å². The molecule has 1 atom stereocenters. The predicted molar refractivity (Wildman–Crippen MR) is 149 cm³/mol. The number of rotatable bonds is 6. The van der Waals surface area contributed by atoms with Crippen molar-refractivity contribution in [1.29, 1.82) is 0 Å². The molecule has 0 spiro atoms. The maximum Gasteiger partial charge on any atom is 0.283 e. The van der Waals surface area contributed by atoms with E-state index in [4.69, 9.17) is 5.10 Å². The number of hydrogen-bond donors (Lipinski definition) is 1. The fourth-order valence-electron chi connectivity index (χ4n) is 6.20. The summed E-state index contributed by atoms with van der Waals surface area (Å²) in [4.78, 5) is 22.1. The van der Waals surface area contributed by atoms with Gasteiger partial charge in [-0.15, -0.1) is 0 Å². The Morgan fingerprint density at radius 3 is 2.38 bits per heavy atom. The zero-order valence-corrected chi connectivity index (χ0v) is 23.3. The third-order valence-corrected chi connectivity index (χ3v) is 8.99. The largest absolute Gasteiger partial charge is 0.371 e. The summed E-state index contributed by atoms with van der Waals surface area (Å²) in [6.45, 7) is 2.80. The van der Waals surface area contributed by atoms with Gasteiger partial charge >= 0.3 is 0 Å². The minimum Gasteiger partial charge on any atom is -0.371 e. The lowest BCUT2D eigenvalue weighted by Crippen LogP contribution is -2.49. The molecule has 2 aromatic heterocycles. The van der Waals surface area contributed by atoms with E-state index in [9.17, 15) is 22.0 Å². The minimum atomic E-state index is -3.81. The first kappa shape index (κ1) is 27.1. The van der Waals surface area contributed by atoms with Crippen LogP contribution in [0.4, 0.5) is 14.5 Å². The number of nitrogens with zero attached hydrogens (tertiary/aromatic N) is 5. The summed E-state index contributed by atoms with van der Waals surface area (Å²) >= 11 is 0. The average molecular weight is 573 g/mol. The number of pyridine rings is 1. The van der Waals surface area contributed by atoms with E-state index in [1.165, 1.54) is 12.1 Å². The maximum atomic E-state index is 14.1. The number of carbonyl (C=O) groups excluding carboxylic acids is 1. The molecule has 2 saturated heterocycles. The van der Waals surface area contributed by atoms with Crippen molar-refractivity contribution < 1.29 is 22.0 Å². The Hall–Kier alpha value is -3.12. The monoisotopic (exact) mass is 572 g/mol. The highest BCUT2D eigenvalue weighted by molar-refractivity contribution is 7.89. The van der Waals surface area contributed by atoms with Crippen LogP contribution in [-0.4, -0.2) is 78.6 Å². The lowest BCUT2D eigenvalue weighted by molar-refractivity contribution is 0.0865. The number of amides is 1. The smallest absolute Gasteiger partial charge is 0.283 e. The van der Waals surface area contributed by atoms with E-state index in [1.807, 2.05) is 4.72 Å². The molecule has 6 rings (SSSR count). The normalized spacial score (nSPS) is 21.5. The fraction of sp³-hybridized carbons (Fsp3) is 0.536. The molecule has 1 aromatic carbocycles. The van der Waals surface area contributed by atoms with Gasteiger partial charge in [-0.1, -0.05) is 6.42 Å². The van der Waals surface area contributed by atoms with Crippen LogP contribution < -0.4 is 9.62 Å². The lowest BCUT2D eigenvalue weighted by Gasteiger charge is -2.41. The van der Waals surface area contributed by atoms with Gasteiger partial charge in [-0.3, -0.25) is 9.69 Å². The van der Waals surface area contributed by atoms with Crippen LogP contribution in [0.2, 0.25) is 0 Å². The van der Waals surface area contributed by atoms with Crippen LogP contribution in [0.1, 0.15) is 67.0 Å². The number of benzene rings is 1. The van der Waals surface area contributed by atoms with Gasteiger partial charge in [0.25, 0.3) is 5.91 Å². The highest BCUT2D eigenvalue weighted by atomic mass is 32.2. The lowest BCUT2D eigenvalue weighted by atomic mass is 9.82. The summed E-state index contributed by atoms with van der Waals surface area (Å²) < 4.78 is 55.3. The summed E-state index contributed by atoms with van der Waals surface area (Å²) in [5.74, 6) is -0.954. The molecule has 4 heterocycles. The number of hydrogen-bond acceptors (Lipinski definition) is 7. The summed E-state index contributed by atoms with van der Waals surface area (Å²) in [7, 11) is -3.81. The molecule has 0 bridgehead atoms. The van der Waals surface area contributed by atoms with Crippen LogP contribution in [0.3, 0.4) is 0 Å². The highest BCUT2D eigenvalue weighted by Crippen LogP contribution is 2.43. The van der Waals surface area contributed by atoms with Gasteiger partial charge in [0.15, 0.2) is 5.65 Å². The number of aromatic nitrogens is 3. The van der Waals surface area contributed by atoms with Crippen molar-refractivity contribution in [2.24, 2.45) is 0 Å². The molecule has 214 valence electrons. The molecule has 3 aliphatic rings. The Labute approximate surface area is 232 Å². The van der Waals surface area contributed by atoms with Crippen molar-refractivity contribution in [3.63, 3.8) is 0 Å². The van der Waals surface area contributed by atoms with Crippen LogP contribution in [0, 0.1) is 5.82 Å². The molecular weight excluding hydrogens is 538 g/mol. The second kappa shape index (κ2) is 10.7. The number of anilines is 1. The van der Waals surface area contributed by atoms with Crippen molar-refractivity contribution in [3.05, 3.63) is 47.5 Å². The van der Waals surface area contributed by atoms with E-state index in [0.29, 0.717) is 43.4 Å². The van der Waals surface area contributed by atoms with Gasteiger partial charge in [0.05, 0.1) is 28.7 Å². The number of carbonyl (C=O) groups is 1. The molecule has 1 unspecified atom stereocenters. The van der Waals surface area contributed by atoms with Crippen LogP contribution >= 0.6 is 0 Å². The topological polar surface area (TPSA) is 100 Å². The number of sulfonamides is 1. The molecule has 1 saturated carbocycles. The van der Waals surface area contributed by atoms with E-state index < -0.39 is 22.1 Å². The Kier molecular flexibility index (Phi) is 7.24. The number of halogens is 2. The van der Waals surface area contributed by atoms with E-state index in [-0.39, 0.29) is 17.4 Å². The third-order valence-electron chi connectivity index (χ3n) is 8.43. The fourth-order valence-corrected chi connectivity index (χ4v) is 6.64. The molecule has 3 aromatic rings. The Morgan fingerprint density at radius 2 is 1.75 bits per heavy atom. The Bertz CT molecular complexity index is 1520. The van der Waals surface area contributed by atoms with Crippen LogP contribution in [0.15, 0.2) is 30.3 Å². The molecule has 0 radical (unpaired) electrons. The van der Waals surface area contributed by atoms with Crippen molar-refractivity contribution >= 4 is 32.7 Å². The van der Waals surface area contributed by atoms with E-state index in [1.54, 1.807) is 22.9 Å². The number of nitrogens with one attached hydrogen (secondary N) is 1. The molecule has 1 N–H and O–H groups in total. The van der Waals surface area contributed by atoms with Crippen molar-refractivity contribution in [3.8, 4) is 5.69 Å². The maximum absolute atomic E-state index is 14.1. The van der Waals surface area contributed by atoms with Crippen molar-refractivity contribution in [2.75, 3.05) is 37.3 Å². The molecule has 12 heteroatoms. The number of likely N-dealkylation sites (tertiary alicyclic amines) is 1. The summed E-state index contributed by atoms with van der Waals surface area (Å²) in [5, 5.41) is 5.78. The zero-order chi connectivity index (χ0) is 28.0. The predicted octanol–water partition coefficient (Wildman–Crippen LogP) is 3.92. The Morgan fingerprint density at radius 1 is 1.02 bits per heavy atom. The van der Waals surface area contributed by atoms with Crippen LogP contribution in [-0.2, 0) is 10.0 Å². The first-order valence-corrected chi connectivity index (χ1v) is 15.9. The number of fused-ring (bicyclic) bond motifs is 1. The number of piperidine rings is 2. The van der Waals surface area contributed by atoms with Gasteiger partial charge in [-0.2, -0.15) is 5.10 Å². The first-order chi connectivity index (χ1) is 19.2. The van der Waals surface area contributed by atoms with Gasteiger partial charge in [-0.05, 0) is 75.4 Å². The zero-order valence-electron chi connectivity index (χ0n) is 22.5. The minimum absolute atomic E-state index is 0.0326. The van der Waals surface area contributed by atoms with Gasteiger partial charge in [-0.25, -0.2) is 31.6 Å². The second-order valence-electron chi connectivity index (χ2n) is 11.3. The molecule has 40 heavy (non-hydrogen) atoms. The van der Waals surface area contributed by atoms with Crippen LogP contribution in [0.5, 0.6) is 0 Å². The van der Waals surface area contributed by atoms with Crippen molar-refractivity contribution in [2.45, 2.75) is 63.1 Å². The average Bonchev–Trinajstić information content (AvgIpc) is 3.26. The van der Waals surface area contributed by atoms with Crippen LogP contribution in [0.25, 0.3) is 16.7 Å². The van der Waals surface area contributed by atoms with E-state index in [0.717, 1.165) is 68.1 Å². The molecule has 1 aliphatic carbocycles. The van der Waals surface area contributed by atoms with Gasteiger partial charge in [0.2, 0.25) is 10.0 Å². The molecular formula is C28H34F2N6O3S. The number of alkyl halides is 1.